The van der Waals surface area contributed by atoms with E-state index in [4.69, 9.17) is 0 Å². The van der Waals surface area contributed by atoms with Crippen LogP contribution in [0.2, 0.25) is 0 Å². The van der Waals surface area contributed by atoms with Gasteiger partial charge in [-0.1, -0.05) is 12.1 Å². The van der Waals surface area contributed by atoms with Crippen LogP contribution in [0.1, 0.15) is 30.4 Å². The van der Waals surface area contributed by atoms with Crippen molar-refractivity contribution in [2.24, 2.45) is 0 Å². The number of alkyl halides is 3. The van der Waals surface area contributed by atoms with Gasteiger partial charge in [-0.2, -0.15) is 13.2 Å². The molecule has 7 heteroatoms. The van der Waals surface area contributed by atoms with Crippen LogP contribution in [0.4, 0.5) is 13.2 Å². The van der Waals surface area contributed by atoms with Gasteiger partial charge in [0, 0.05) is 26.2 Å². The van der Waals surface area contributed by atoms with Gasteiger partial charge in [0.15, 0.2) is 0 Å². The highest BCUT2D eigenvalue weighted by Gasteiger charge is 2.36. The van der Waals surface area contributed by atoms with Crippen molar-refractivity contribution >= 4 is 5.91 Å². The molecule has 2 atom stereocenters. The monoisotopic (exact) mass is 342 g/mol. The van der Waals surface area contributed by atoms with E-state index >= 15 is 0 Å². The van der Waals surface area contributed by atoms with Crippen LogP contribution >= 0.6 is 0 Å². The highest BCUT2D eigenvalue weighted by atomic mass is 19.4. The van der Waals surface area contributed by atoms with Crippen molar-refractivity contribution in [1.82, 2.24) is 9.80 Å². The molecule has 4 nitrogen and oxygen atoms in total. The number of likely N-dealkylation sites (tertiary alicyclic amines) is 2. The number of benzene rings is 1. The highest BCUT2D eigenvalue weighted by Crippen LogP contribution is 2.30. The van der Waals surface area contributed by atoms with Crippen molar-refractivity contribution in [1.29, 1.82) is 0 Å². The number of carbonyl (C=O) groups is 1. The van der Waals surface area contributed by atoms with Crippen molar-refractivity contribution < 1.29 is 23.1 Å². The first-order valence-electron chi connectivity index (χ1n) is 8.21. The number of hydrogen-bond acceptors (Lipinski definition) is 3. The molecule has 0 aromatic heterocycles. The number of aliphatic hydroxyl groups is 1. The number of β-amino-alcohol motifs (C(OH)–C–C–N with tert-alkyl or cyclic N) is 1. The summed E-state index contributed by atoms with van der Waals surface area (Å²) in [6.07, 6.45) is -2.54. The van der Waals surface area contributed by atoms with Gasteiger partial charge in [-0.3, -0.25) is 9.69 Å². The second kappa shape index (κ2) is 6.72. The number of halogens is 3. The SMILES string of the molecule is O=C1[C@H](N2CC[C@@H](O)C2)CCCN1Cc1cccc(C(F)(F)F)c1. The molecule has 0 radical (unpaired) electrons. The normalized spacial score (nSPS) is 26.2. The predicted molar refractivity (Wildman–Crippen MR) is 82.1 cm³/mol. The van der Waals surface area contributed by atoms with E-state index in [9.17, 15) is 23.1 Å². The van der Waals surface area contributed by atoms with E-state index in [1.165, 1.54) is 6.07 Å². The van der Waals surface area contributed by atoms with Gasteiger partial charge in [0.1, 0.15) is 0 Å². The number of aliphatic hydroxyl groups excluding tert-OH is 1. The lowest BCUT2D eigenvalue weighted by Crippen LogP contribution is -2.51. The molecule has 1 aromatic rings. The van der Waals surface area contributed by atoms with Crippen LogP contribution in [0.25, 0.3) is 0 Å². The third kappa shape index (κ3) is 3.72. The number of rotatable bonds is 3. The molecule has 0 bridgehead atoms. The minimum absolute atomic E-state index is 0.0484. The van der Waals surface area contributed by atoms with Gasteiger partial charge >= 0.3 is 6.18 Å². The summed E-state index contributed by atoms with van der Waals surface area (Å²) in [6.45, 7) is 1.93. The van der Waals surface area contributed by atoms with Crippen LogP contribution in [0.5, 0.6) is 0 Å². The quantitative estimate of drug-likeness (QED) is 0.916. The molecule has 0 aliphatic carbocycles. The molecular weight excluding hydrogens is 321 g/mol. The van der Waals surface area contributed by atoms with Gasteiger partial charge in [0.05, 0.1) is 17.7 Å². The van der Waals surface area contributed by atoms with Crippen LogP contribution < -0.4 is 0 Å². The molecule has 2 fully saturated rings. The molecule has 0 saturated carbocycles. The first-order valence-corrected chi connectivity index (χ1v) is 8.21. The second-order valence-electron chi connectivity index (χ2n) is 6.55. The molecule has 24 heavy (non-hydrogen) atoms. The zero-order chi connectivity index (χ0) is 17.3. The second-order valence-corrected chi connectivity index (χ2v) is 6.55. The molecule has 2 aliphatic rings. The minimum atomic E-state index is -4.38. The van der Waals surface area contributed by atoms with E-state index < -0.39 is 17.8 Å². The molecule has 3 rings (SSSR count). The fourth-order valence-corrected chi connectivity index (χ4v) is 3.53. The summed E-state index contributed by atoms with van der Waals surface area (Å²) in [7, 11) is 0. The summed E-state index contributed by atoms with van der Waals surface area (Å²) < 4.78 is 38.4. The topological polar surface area (TPSA) is 43.8 Å². The van der Waals surface area contributed by atoms with E-state index in [0.29, 0.717) is 31.6 Å². The number of amides is 1. The lowest BCUT2D eigenvalue weighted by molar-refractivity contribution is -0.140. The average Bonchev–Trinajstić information content (AvgIpc) is 2.95. The molecule has 0 unspecified atom stereocenters. The summed E-state index contributed by atoms with van der Waals surface area (Å²) in [5.74, 6) is -0.0484. The smallest absolute Gasteiger partial charge is 0.392 e. The van der Waals surface area contributed by atoms with Crippen LogP contribution in [-0.4, -0.2) is 52.6 Å². The van der Waals surface area contributed by atoms with Crippen LogP contribution in [0, 0.1) is 0 Å². The zero-order valence-corrected chi connectivity index (χ0v) is 13.3. The van der Waals surface area contributed by atoms with Crippen molar-refractivity contribution in [2.75, 3.05) is 19.6 Å². The fourth-order valence-electron chi connectivity index (χ4n) is 3.53. The molecule has 0 spiro atoms. The summed E-state index contributed by atoms with van der Waals surface area (Å²) >= 11 is 0. The first kappa shape index (κ1) is 17.2. The van der Waals surface area contributed by atoms with E-state index in [1.54, 1.807) is 11.0 Å². The maximum atomic E-state index is 12.8. The number of hydrogen-bond donors (Lipinski definition) is 1. The van der Waals surface area contributed by atoms with Gasteiger partial charge in [-0.25, -0.2) is 0 Å². The van der Waals surface area contributed by atoms with Gasteiger partial charge in [-0.05, 0) is 37.0 Å². The third-order valence-corrected chi connectivity index (χ3v) is 4.77. The first-order chi connectivity index (χ1) is 11.3. The number of piperidine rings is 1. The Hall–Kier alpha value is -1.60. The predicted octanol–water partition coefficient (Wildman–Crippen LogP) is 2.26. The van der Waals surface area contributed by atoms with Gasteiger partial charge in [0.25, 0.3) is 0 Å². The molecule has 1 aromatic carbocycles. The Kier molecular flexibility index (Phi) is 4.83. The maximum absolute atomic E-state index is 12.8. The minimum Gasteiger partial charge on any atom is -0.392 e. The Balaban J connectivity index is 1.70. The largest absolute Gasteiger partial charge is 0.416 e. The summed E-state index contributed by atoms with van der Waals surface area (Å²) in [5.41, 5.74) is -0.205. The Labute approximate surface area is 138 Å². The molecule has 132 valence electrons. The maximum Gasteiger partial charge on any atom is 0.416 e. The van der Waals surface area contributed by atoms with Crippen LogP contribution in [0.15, 0.2) is 24.3 Å². The number of nitrogens with zero attached hydrogens (tertiary/aromatic N) is 2. The Morgan fingerprint density at radius 1 is 1.21 bits per heavy atom. The lowest BCUT2D eigenvalue weighted by atomic mass is 10.0. The molecule has 2 saturated heterocycles. The Morgan fingerprint density at radius 2 is 2.00 bits per heavy atom. The van der Waals surface area contributed by atoms with E-state index in [2.05, 4.69) is 0 Å². The Bertz CT molecular complexity index is 606. The molecule has 2 aliphatic heterocycles. The van der Waals surface area contributed by atoms with Crippen LogP contribution in [-0.2, 0) is 17.5 Å². The van der Waals surface area contributed by atoms with Gasteiger partial charge in [-0.15, -0.1) is 0 Å². The third-order valence-electron chi connectivity index (χ3n) is 4.77. The van der Waals surface area contributed by atoms with Gasteiger partial charge < -0.3 is 10.0 Å². The molecular formula is C17H21F3N2O2. The molecule has 2 heterocycles. The van der Waals surface area contributed by atoms with Crippen molar-refractivity contribution in [3.8, 4) is 0 Å². The van der Waals surface area contributed by atoms with E-state index in [0.717, 1.165) is 25.0 Å². The summed E-state index contributed by atoms with van der Waals surface area (Å²) in [6, 6.07) is 4.88. The van der Waals surface area contributed by atoms with Crippen molar-refractivity contribution in [2.45, 2.75) is 44.1 Å². The number of carbonyl (C=O) groups excluding carboxylic acids is 1. The fraction of sp³-hybridized carbons (Fsp3) is 0.588. The summed E-state index contributed by atoms with van der Waals surface area (Å²) in [5, 5.41) is 9.65. The lowest BCUT2D eigenvalue weighted by Gasteiger charge is -2.36. The van der Waals surface area contributed by atoms with Gasteiger partial charge in [0.2, 0.25) is 5.91 Å². The standard InChI is InChI=1S/C17H21F3N2O2/c18-17(19,20)13-4-1-3-12(9-13)10-22-7-2-5-15(16(22)24)21-8-6-14(23)11-21/h1,3-4,9,14-15,23H,2,5-8,10-11H2/t14-,15-/m1/s1. The Morgan fingerprint density at radius 3 is 2.67 bits per heavy atom. The molecule has 1 amide bonds. The summed E-state index contributed by atoms with van der Waals surface area (Å²) in [4.78, 5) is 16.3. The van der Waals surface area contributed by atoms with Crippen molar-refractivity contribution in [3.63, 3.8) is 0 Å². The average molecular weight is 342 g/mol. The van der Waals surface area contributed by atoms with E-state index in [1.807, 2.05) is 4.90 Å². The van der Waals surface area contributed by atoms with Crippen molar-refractivity contribution in [3.05, 3.63) is 35.4 Å². The van der Waals surface area contributed by atoms with E-state index in [-0.39, 0.29) is 18.5 Å². The molecule has 1 N–H and O–H groups in total. The zero-order valence-electron chi connectivity index (χ0n) is 13.3. The highest BCUT2D eigenvalue weighted by molar-refractivity contribution is 5.82. The van der Waals surface area contributed by atoms with Crippen LogP contribution in [0.3, 0.4) is 0 Å².